The molecule has 0 unspecified atom stereocenters. The Morgan fingerprint density at radius 2 is 1.79 bits per heavy atom. The van der Waals surface area contributed by atoms with Crippen molar-refractivity contribution in [3.63, 3.8) is 0 Å². The lowest BCUT2D eigenvalue weighted by atomic mass is 10.2. The minimum Gasteiger partial charge on any atom is -0.264 e. The Bertz CT molecular complexity index is 394. The monoisotopic (exact) mass is 201 g/mol. The largest absolute Gasteiger partial charge is 0.264 e. The molecular formula is C12H11NS. The number of aryl methyl sites for hydroxylation is 1. The number of hydrogen-bond donors (Lipinski definition) is 0. The van der Waals surface area contributed by atoms with Crippen LogP contribution in [0.25, 0.3) is 0 Å². The minimum atomic E-state index is 1.18. The zero-order valence-corrected chi connectivity index (χ0v) is 8.79. The first-order valence-corrected chi connectivity index (χ1v) is 5.31. The van der Waals surface area contributed by atoms with Crippen molar-refractivity contribution >= 4 is 11.8 Å². The molecule has 0 saturated heterocycles. The van der Waals surface area contributed by atoms with Crippen LogP contribution in [0.15, 0.2) is 58.6 Å². The van der Waals surface area contributed by atoms with Gasteiger partial charge >= 0.3 is 0 Å². The summed E-state index contributed by atoms with van der Waals surface area (Å²) in [6, 6.07) is 12.5. The Hall–Kier alpha value is -1.28. The molecule has 0 fully saturated rings. The van der Waals surface area contributed by atoms with Crippen molar-refractivity contribution in [2.45, 2.75) is 16.7 Å². The van der Waals surface area contributed by atoms with Gasteiger partial charge in [0.1, 0.15) is 0 Å². The van der Waals surface area contributed by atoms with E-state index in [2.05, 4.69) is 42.2 Å². The first kappa shape index (κ1) is 9.28. The van der Waals surface area contributed by atoms with Crippen LogP contribution in [-0.2, 0) is 0 Å². The summed E-state index contributed by atoms with van der Waals surface area (Å²) < 4.78 is 0. The van der Waals surface area contributed by atoms with Crippen LogP contribution in [0, 0.1) is 6.92 Å². The number of aromatic nitrogens is 1. The highest BCUT2D eigenvalue weighted by Crippen LogP contribution is 2.26. The van der Waals surface area contributed by atoms with Crippen molar-refractivity contribution < 1.29 is 0 Å². The third-order valence-electron chi connectivity index (χ3n) is 1.89. The number of rotatable bonds is 2. The van der Waals surface area contributed by atoms with Crippen LogP contribution in [0.5, 0.6) is 0 Å². The Morgan fingerprint density at radius 3 is 2.43 bits per heavy atom. The molecule has 70 valence electrons. The number of nitrogens with zero attached hydrogens (tertiary/aromatic N) is 1. The van der Waals surface area contributed by atoms with Gasteiger partial charge in [-0.1, -0.05) is 29.5 Å². The first-order chi connectivity index (χ1) is 6.84. The predicted octanol–water partition coefficient (Wildman–Crippen LogP) is 3.54. The van der Waals surface area contributed by atoms with E-state index in [1.165, 1.54) is 15.4 Å². The quantitative estimate of drug-likeness (QED) is 0.737. The van der Waals surface area contributed by atoms with Gasteiger partial charge in [-0.2, -0.15) is 0 Å². The highest BCUT2D eigenvalue weighted by molar-refractivity contribution is 7.99. The fourth-order valence-electron chi connectivity index (χ4n) is 1.15. The topological polar surface area (TPSA) is 12.9 Å². The van der Waals surface area contributed by atoms with Gasteiger partial charge in [-0.3, -0.25) is 4.98 Å². The van der Waals surface area contributed by atoms with Crippen LogP contribution in [0.1, 0.15) is 5.56 Å². The molecule has 0 amide bonds. The van der Waals surface area contributed by atoms with Crippen LogP contribution in [-0.4, -0.2) is 4.98 Å². The lowest BCUT2D eigenvalue weighted by Gasteiger charge is -2.00. The lowest BCUT2D eigenvalue weighted by molar-refractivity contribution is 1.23. The van der Waals surface area contributed by atoms with Crippen molar-refractivity contribution in [1.82, 2.24) is 4.98 Å². The maximum Gasteiger partial charge on any atom is 0.0407 e. The van der Waals surface area contributed by atoms with Crippen LogP contribution in [0.4, 0.5) is 0 Å². The summed E-state index contributed by atoms with van der Waals surface area (Å²) in [6.07, 6.45) is 3.67. The molecule has 2 aromatic rings. The summed E-state index contributed by atoms with van der Waals surface area (Å²) >= 11 is 1.73. The molecule has 0 saturated carbocycles. The molecule has 0 aliphatic rings. The minimum absolute atomic E-state index is 1.18. The van der Waals surface area contributed by atoms with E-state index in [4.69, 9.17) is 0 Å². The van der Waals surface area contributed by atoms with Crippen LogP contribution >= 0.6 is 11.8 Å². The lowest BCUT2D eigenvalue weighted by Crippen LogP contribution is -1.76. The van der Waals surface area contributed by atoms with E-state index in [1.54, 1.807) is 18.0 Å². The first-order valence-electron chi connectivity index (χ1n) is 4.49. The van der Waals surface area contributed by atoms with Crippen molar-refractivity contribution in [3.8, 4) is 0 Å². The predicted molar refractivity (Wildman–Crippen MR) is 59.5 cm³/mol. The zero-order chi connectivity index (χ0) is 9.80. The van der Waals surface area contributed by atoms with Gasteiger partial charge in [0.2, 0.25) is 0 Å². The molecule has 1 nitrogen and oxygen atoms in total. The maximum atomic E-state index is 4.08. The fraction of sp³-hybridized carbons (Fsp3) is 0.0833. The molecule has 2 heteroatoms. The number of hydrogen-bond acceptors (Lipinski definition) is 2. The Labute approximate surface area is 88.2 Å². The Kier molecular flexibility index (Phi) is 2.84. The normalized spacial score (nSPS) is 10.1. The van der Waals surface area contributed by atoms with Gasteiger partial charge in [0.05, 0.1) is 0 Å². The average molecular weight is 201 g/mol. The summed E-state index contributed by atoms with van der Waals surface area (Å²) in [6.45, 7) is 2.10. The Morgan fingerprint density at radius 1 is 1.00 bits per heavy atom. The standard InChI is InChI=1S/C12H11NS/c1-10-4-6-11(7-5-10)14-12-3-2-8-13-9-12/h2-9H,1H3. The third kappa shape index (κ3) is 2.36. The van der Waals surface area contributed by atoms with E-state index in [0.29, 0.717) is 0 Å². The molecule has 14 heavy (non-hydrogen) atoms. The zero-order valence-electron chi connectivity index (χ0n) is 7.97. The van der Waals surface area contributed by atoms with Crippen molar-refractivity contribution in [3.05, 3.63) is 54.4 Å². The summed E-state index contributed by atoms with van der Waals surface area (Å²) in [5.41, 5.74) is 1.29. The van der Waals surface area contributed by atoms with Gasteiger partial charge in [0.25, 0.3) is 0 Å². The van der Waals surface area contributed by atoms with E-state index in [9.17, 15) is 0 Å². The average Bonchev–Trinajstić information content (AvgIpc) is 2.23. The van der Waals surface area contributed by atoms with Gasteiger partial charge < -0.3 is 0 Å². The second kappa shape index (κ2) is 4.29. The van der Waals surface area contributed by atoms with Crippen molar-refractivity contribution in [1.29, 1.82) is 0 Å². The highest BCUT2D eigenvalue weighted by Gasteiger charge is 1.95. The van der Waals surface area contributed by atoms with E-state index < -0.39 is 0 Å². The maximum absolute atomic E-state index is 4.08. The van der Waals surface area contributed by atoms with E-state index in [1.807, 2.05) is 12.3 Å². The smallest absolute Gasteiger partial charge is 0.0407 e. The molecule has 0 aliphatic carbocycles. The van der Waals surface area contributed by atoms with Gasteiger partial charge in [-0.05, 0) is 31.2 Å². The highest BCUT2D eigenvalue weighted by atomic mass is 32.2. The molecule has 0 radical (unpaired) electrons. The summed E-state index contributed by atoms with van der Waals surface area (Å²) in [4.78, 5) is 6.51. The van der Waals surface area contributed by atoms with Crippen molar-refractivity contribution in [2.24, 2.45) is 0 Å². The molecule has 0 atom stereocenters. The van der Waals surface area contributed by atoms with Crippen LogP contribution in [0.2, 0.25) is 0 Å². The van der Waals surface area contributed by atoms with Crippen molar-refractivity contribution in [2.75, 3.05) is 0 Å². The molecule has 0 aliphatic heterocycles. The van der Waals surface area contributed by atoms with E-state index in [-0.39, 0.29) is 0 Å². The molecule has 2 rings (SSSR count). The molecule has 0 bridgehead atoms. The molecular weight excluding hydrogens is 190 g/mol. The SMILES string of the molecule is Cc1ccc(Sc2cccnc2)cc1. The molecule has 1 heterocycles. The fourth-order valence-corrected chi connectivity index (χ4v) is 1.95. The summed E-state index contributed by atoms with van der Waals surface area (Å²) in [5, 5.41) is 0. The number of benzene rings is 1. The van der Waals surface area contributed by atoms with E-state index in [0.717, 1.165) is 0 Å². The molecule has 0 spiro atoms. The second-order valence-corrected chi connectivity index (χ2v) is 4.25. The second-order valence-electron chi connectivity index (χ2n) is 3.10. The van der Waals surface area contributed by atoms with E-state index >= 15 is 0 Å². The summed E-state index contributed by atoms with van der Waals surface area (Å²) in [7, 11) is 0. The van der Waals surface area contributed by atoms with Crippen LogP contribution in [0.3, 0.4) is 0 Å². The van der Waals surface area contributed by atoms with Crippen LogP contribution < -0.4 is 0 Å². The molecule has 1 aromatic heterocycles. The molecule has 1 aromatic carbocycles. The number of pyridine rings is 1. The van der Waals surface area contributed by atoms with Gasteiger partial charge in [0.15, 0.2) is 0 Å². The molecule has 0 N–H and O–H groups in total. The van der Waals surface area contributed by atoms with Gasteiger partial charge in [-0.25, -0.2) is 0 Å². The summed E-state index contributed by atoms with van der Waals surface area (Å²) in [5.74, 6) is 0. The third-order valence-corrected chi connectivity index (χ3v) is 2.88. The Balaban J connectivity index is 2.16. The van der Waals surface area contributed by atoms with Gasteiger partial charge in [0, 0.05) is 22.2 Å². The van der Waals surface area contributed by atoms with Gasteiger partial charge in [-0.15, -0.1) is 0 Å².